The monoisotopic (exact) mass is 304 g/mol. The molecule has 6 heteroatoms. The van der Waals surface area contributed by atoms with Gasteiger partial charge in [0.25, 0.3) is 0 Å². The molecule has 3 rings (SSSR count). The van der Waals surface area contributed by atoms with E-state index in [0.29, 0.717) is 22.6 Å². The van der Waals surface area contributed by atoms with Crippen molar-refractivity contribution in [1.29, 1.82) is 0 Å². The fourth-order valence-electron chi connectivity index (χ4n) is 2.57. The predicted molar refractivity (Wildman–Crippen MR) is 77.5 cm³/mol. The lowest BCUT2D eigenvalue weighted by Crippen LogP contribution is -2.30. The van der Waals surface area contributed by atoms with E-state index in [1.54, 1.807) is 12.1 Å². The molecule has 0 saturated carbocycles. The Hall–Kier alpha value is -2.60. The Morgan fingerprint density at radius 2 is 1.82 bits per heavy atom. The van der Waals surface area contributed by atoms with Crippen LogP contribution in [0.5, 0.6) is 28.7 Å². The molecule has 0 aliphatic carbocycles. The molecule has 116 valence electrons. The Balaban J connectivity index is 1.99. The van der Waals surface area contributed by atoms with Gasteiger partial charge in [0.2, 0.25) is 0 Å². The zero-order chi connectivity index (χ0) is 15.9. The number of fused-ring (bicyclic) bond motifs is 1. The van der Waals surface area contributed by atoms with Gasteiger partial charge < -0.3 is 29.9 Å². The number of benzene rings is 2. The lowest BCUT2D eigenvalue weighted by Gasteiger charge is -2.31. The zero-order valence-corrected chi connectivity index (χ0v) is 11.9. The van der Waals surface area contributed by atoms with Crippen molar-refractivity contribution in [1.82, 2.24) is 0 Å². The van der Waals surface area contributed by atoms with E-state index in [0.717, 1.165) is 0 Å². The lowest BCUT2D eigenvalue weighted by molar-refractivity contribution is 0.0197. The van der Waals surface area contributed by atoms with Gasteiger partial charge in [-0.05, 0) is 17.7 Å². The minimum absolute atomic E-state index is 0.000373. The molecule has 1 heterocycles. The summed E-state index contributed by atoms with van der Waals surface area (Å²) in [5.74, 6) is 0.335. The number of hydrogen-bond donors (Lipinski definition) is 4. The number of aliphatic hydroxyl groups excluding tert-OH is 1. The van der Waals surface area contributed by atoms with Crippen LogP contribution in [0, 0.1) is 0 Å². The molecular weight excluding hydrogens is 288 g/mol. The number of hydrogen-bond acceptors (Lipinski definition) is 6. The van der Waals surface area contributed by atoms with Crippen LogP contribution in [0.4, 0.5) is 0 Å². The van der Waals surface area contributed by atoms with E-state index in [2.05, 4.69) is 0 Å². The Morgan fingerprint density at radius 3 is 2.50 bits per heavy atom. The van der Waals surface area contributed by atoms with Gasteiger partial charge in [-0.15, -0.1) is 0 Å². The first kappa shape index (κ1) is 14.3. The molecule has 0 fully saturated rings. The molecule has 0 unspecified atom stereocenters. The predicted octanol–water partition coefficient (Wildman–Crippen LogP) is 1.85. The number of aliphatic hydroxyl groups is 1. The van der Waals surface area contributed by atoms with E-state index in [-0.39, 0.29) is 23.7 Å². The maximum absolute atomic E-state index is 10.3. The second kappa shape index (κ2) is 5.31. The van der Waals surface area contributed by atoms with Gasteiger partial charge in [-0.1, -0.05) is 6.07 Å². The van der Waals surface area contributed by atoms with Crippen LogP contribution in [0.1, 0.15) is 17.2 Å². The summed E-state index contributed by atoms with van der Waals surface area (Å²) in [4.78, 5) is 0. The highest BCUT2D eigenvalue weighted by Gasteiger charge is 2.32. The van der Waals surface area contributed by atoms with E-state index in [9.17, 15) is 20.4 Å². The molecule has 2 aromatic carbocycles. The van der Waals surface area contributed by atoms with Gasteiger partial charge in [0.15, 0.2) is 11.5 Å². The summed E-state index contributed by atoms with van der Waals surface area (Å²) in [6, 6.07) is 7.33. The molecule has 4 N–H and O–H groups in total. The Bertz CT molecular complexity index is 712. The van der Waals surface area contributed by atoms with Gasteiger partial charge in [-0.25, -0.2) is 0 Å². The molecular formula is C16H16O6. The highest BCUT2D eigenvalue weighted by Crippen LogP contribution is 2.42. The van der Waals surface area contributed by atoms with Crippen molar-refractivity contribution in [3.63, 3.8) is 0 Å². The largest absolute Gasteiger partial charge is 0.507 e. The third-order valence-corrected chi connectivity index (χ3v) is 3.74. The standard InChI is InChI=1S/C16H16O6/c1-21-9-5-12(18)10-7-14(20)16(22-15(10)6-9)8-2-3-11(17)13(19)4-8/h2-6,14,16-20H,7H2,1H3/t14-,16+/m1/s1. The smallest absolute Gasteiger partial charge is 0.157 e. The summed E-state index contributed by atoms with van der Waals surface area (Å²) >= 11 is 0. The third-order valence-electron chi connectivity index (χ3n) is 3.74. The molecule has 0 spiro atoms. The lowest BCUT2D eigenvalue weighted by atomic mass is 9.94. The first-order valence-electron chi connectivity index (χ1n) is 6.76. The quantitative estimate of drug-likeness (QED) is 0.632. The molecule has 1 aliphatic rings. The maximum atomic E-state index is 10.3. The summed E-state index contributed by atoms with van der Waals surface area (Å²) in [6.45, 7) is 0. The summed E-state index contributed by atoms with van der Waals surface area (Å²) in [6.07, 6.45) is -1.40. The molecule has 2 aromatic rings. The van der Waals surface area contributed by atoms with Crippen molar-refractivity contribution in [3.8, 4) is 28.7 Å². The van der Waals surface area contributed by atoms with Crippen LogP contribution in [0.3, 0.4) is 0 Å². The van der Waals surface area contributed by atoms with E-state index in [1.165, 1.54) is 25.3 Å². The van der Waals surface area contributed by atoms with Crippen LogP contribution in [0.25, 0.3) is 0 Å². The minimum atomic E-state index is -0.893. The van der Waals surface area contributed by atoms with Gasteiger partial charge in [0.1, 0.15) is 23.4 Å². The van der Waals surface area contributed by atoms with Gasteiger partial charge >= 0.3 is 0 Å². The van der Waals surface area contributed by atoms with Crippen molar-refractivity contribution < 1.29 is 29.9 Å². The van der Waals surface area contributed by atoms with E-state index in [4.69, 9.17) is 9.47 Å². The fraction of sp³-hybridized carbons (Fsp3) is 0.250. The van der Waals surface area contributed by atoms with Gasteiger partial charge in [-0.2, -0.15) is 0 Å². The number of phenolic OH excluding ortho intramolecular Hbond substituents is 3. The highest BCUT2D eigenvalue weighted by atomic mass is 16.5. The van der Waals surface area contributed by atoms with Gasteiger partial charge in [0.05, 0.1) is 13.2 Å². The first-order chi connectivity index (χ1) is 10.5. The van der Waals surface area contributed by atoms with Gasteiger partial charge in [0, 0.05) is 24.1 Å². The number of methoxy groups -OCH3 is 1. The molecule has 0 amide bonds. The zero-order valence-electron chi connectivity index (χ0n) is 11.9. The van der Waals surface area contributed by atoms with Crippen molar-refractivity contribution in [2.24, 2.45) is 0 Å². The second-order valence-corrected chi connectivity index (χ2v) is 5.18. The van der Waals surface area contributed by atoms with Crippen LogP contribution < -0.4 is 9.47 Å². The third kappa shape index (κ3) is 2.37. The van der Waals surface area contributed by atoms with Crippen LogP contribution in [0.15, 0.2) is 30.3 Å². The topological polar surface area (TPSA) is 99.4 Å². The number of aromatic hydroxyl groups is 3. The van der Waals surface area contributed by atoms with Crippen molar-refractivity contribution in [2.45, 2.75) is 18.6 Å². The number of phenols is 3. The van der Waals surface area contributed by atoms with E-state index >= 15 is 0 Å². The van der Waals surface area contributed by atoms with E-state index in [1.807, 2.05) is 0 Å². The number of rotatable bonds is 2. The average molecular weight is 304 g/mol. The summed E-state index contributed by atoms with van der Waals surface area (Å²) in [5, 5.41) is 39.2. The fourth-order valence-corrected chi connectivity index (χ4v) is 2.57. The molecule has 0 radical (unpaired) electrons. The molecule has 2 atom stereocenters. The summed E-state index contributed by atoms with van der Waals surface area (Å²) in [7, 11) is 1.48. The molecule has 0 aromatic heterocycles. The normalized spacial score (nSPS) is 20.1. The molecule has 0 saturated heterocycles. The van der Waals surface area contributed by atoms with Crippen LogP contribution in [0.2, 0.25) is 0 Å². The summed E-state index contributed by atoms with van der Waals surface area (Å²) in [5.41, 5.74) is 1.03. The summed E-state index contributed by atoms with van der Waals surface area (Å²) < 4.78 is 10.9. The number of ether oxygens (including phenoxy) is 2. The average Bonchev–Trinajstić information content (AvgIpc) is 2.50. The Morgan fingerprint density at radius 1 is 1.05 bits per heavy atom. The van der Waals surface area contributed by atoms with Crippen molar-refractivity contribution >= 4 is 0 Å². The first-order valence-corrected chi connectivity index (χ1v) is 6.76. The van der Waals surface area contributed by atoms with Crippen LogP contribution >= 0.6 is 0 Å². The van der Waals surface area contributed by atoms with Crippen LogP contribution in [-0.2, 0) is 6.42 Å². The maximum Gasteiger partial charge on any atom is 0.157 e. The molecule has 0 bridgehead atoms. The minimum Gasteiger partial charge on any atom is -0.507 e. The Labute approximate surface area is 126 Å². The molecule has 1 aliphatic heterocycles. The van der Waals surface area contributed by atoms with Crippen LogP contribution in [-0.4, -0.2) is 33.6 Å². The molecule has 22 heavy (non-hydrogen) atoms. The highest BCUT2D eigenvalue weighted by molar-refractivity contribution is 5.52. The second-order valence-electron chi connectivity index (χ2n) is 5.18. The Kier molecular flexibility index (Phi) is 3.46. The van der Waals surface area contributed by atoms with E-state index < -0.39 is 12.2 Å². The molecule has 6 nitrogen and oxygen atoms in total. The SMILES string of the molecule is COc1cc(O)c2c(c1)O[C@@H](c1ccc(O)c(O)c1)[C@H](O)C2. The van der Waals surface area contributed by atoms with Crippen molar-refractivity contribution in [2.75, 3.05) is 7.11 Å². The van der Waals surface area contributed by atoms with Gasteiger partial charge in [-0.3, -0.25) is 0 Å². The van der Waals surface area contributed by atoms with Crippen molar-refractivity contribution in [3.05, 3.63) is 41.5 Å².